The molecule has 2 N–H and O–H groups in total. The van der Waals surface area contributed by atoms with Gasteiger partial charge < -0.3 is 5.32 Å². The molecule has 0 unspecified atom stereocenters. The van der Waals surface area contributed by atoms with Gasteiger partial charge in [0.2, 0.25) is 5.95 Å². The smallest absolute Gasteiger partial charge is 0.258 e. The topological polar surface area (TPSA) is 84.7 Å². The molecule has 0 aromatic carbocycles. The maximum absolute atomic E-state index is 12.6. The molecule has 0 bridgehead atoms. The van der Waals surface area contributed by atoms with E-state index in [2.05, 4.69) is 46.5 Å². The first-order chi connectivity index (χ1) is 12.3. The summed E-state index contributed by atoms with van der Waals surface area (Å²) in [6.45, 7) is 8.32. The van der Waals surface area contributed by atoms with Gasteiger partial charge >= 0.3 is 0 Å². The third kappa shape index (κ3) is 4.82. The van der Waals surface area contributed by atoms with Gasteiger partial charge in [-0.2, -0.15) is 10.1 Å². The number of hydrogen-bond donors (Lipinski definition) is 2. The summed E-state index contributed by atoms with van der Waals surface area (Å²) in [7, 11) is 1.81. The zero-order valence-electron chi connectivity index (χ0n) is 15.7. The Morgan fingerprint density at radius 1 is 1.35 bits per heavy atom. The van der Waals surface area contributed by atoms with Crippen molar-refractivity contribution in [1.29, 1.82) is 0 Å². The van der Waals surface area contributed by atoms with E-state index < -0.39 is 0 Å². The lowest BCUT2D eigenvalue weighted by Crippen LogP contribution is -2.27. The minimum atomic E-state index is -0.199. The van der Waals surface area contributed by atoms with Crippen LogP contribution in [0.5, 0.6) is 0 Å². The Balaban J connectivity index is 1.72. The van der Waals surface area contributed by atoms with Crippen LogP contribution in [0.15, 0.2) is 23.4 Å². The number of amides is 1. The molecule has 2 aromatic heterocycles. The normalized spacial score (nSPS) is 15.8. The first-order valence-electron chi connectivity index (χ1n) is 8.90. The number of nitrogens with zero attached hydrogens (tertiary/aromatic N) is 4. The molecular formula is C18H26N6OS. The second-order valence-electron chi connectivity index (χ2n) is 7.49. The van der Waals surface area contributed by atoms with Crippen molar-refractivity contribution in [2.24, 2.45) is 7.05 Å². The molecule has 1 aliphatic heterocycles. The van der Waals surface area contributed by atoms with Gasteiger partial charge in [0.1, 0.15) is 0 Å². The number of anilines is 1. The van der Waals surface area contributed by atoms with Crippen molar-refractivity contribution in [3.8, 4) is 0 Å². The molecule has 1 amide bonds. The van der Waals surface area contributed by atoms with E-state index in [-0.39, 0.29) is 10.7 Å². The second kappa shape index (κ2) is 7.75. The molecule has 3 heterocycles. The van der Waals surface area contributed by atoms with Crippen molar-refractivity contribution in [3.63, 3.8) is 0 Å². The molecule has 1 saturated heterocycles. The highest BCUT2D eigenvalue weighted by Crippen LogP contribution is 2.30. The molecule has 3 rings (SSSR count). The maximum Gasteiger partial charge on any atom is 0.258 e. The van der Waals surface area contributed by atoms with E-state index in [1.165, 1.54) is 0 Å². The molecule has 0 saturated carbocycles. The number of thioether (sulfide) groups is 1. The molecule has 0 spiro atoms. The third-order valence-electron chi connectivity index (χ3n) is 4.12. The zero-order chi connectivity index (χ0) is 18.7. The molecule has 0 radical (unpaired) electrons. The van der Waals surface area contributed by atoms with Gasteiger partial charge in [0.05, 0.1) is 5.03 Å². The summed E-state index contributed by atoms with van der Waals surface area (Å²) in [5.74, 6) is 1.44. The Hall–Kier alpha value is -1.93. The van der Waals surface area contributed by atoms with Crippen molar-refractivity contribution in [2.75, 3.05) is 18.4 Å². The van der Waals surface area contributed by atoms with E-state index >= 15 is 0 Å². The molecule has 26 heavy (non-hydrogen) atoms. The van der Waals surface area contributed by atoms with Gasteiger partial charge in [-0.3, -0.25) is 10.1 Å². The number of piperidine rings is 1. The van der Waals surface area contributed by atoms with Crippen molar-refractivity contribution in [2.45, 2.75) is 49.3 Å². The fraction of sp³-hybridized carbons (Fsp3) is 0.556. The minimum Gasteiger partial charge on any atom is -0.317 e. The summed E-state index contributed by atoms with van der Waals surface area (Å²) >= 11 is 1.63. The van der Waals surface area contributed by atoms with Gasteiger partial charge in [-0.05, 0) is 38.1 Å². The Kier molecular flexibility index (Phi) is 5.62. The standard InChI is InChI=1S/C18H26N6OS/c1-18(2,3)26-14-11-13(7-10-20-14)16(25)22-17-21-15(23-24(17)4)12-5-8-19-9-6-12/h7,10-12,19H,5-6,8-9H2,1-4H3,(H,21,22,23,25). The zero-order valence-corrected chi connectivity index (χ0v) is 16.6. The van der Waals surface area contributed by atoms with E-state index in [0.29, 0.717) is 17.4 Å². The maximum atomic E-state index is 12.6. The van der Waals surface area contributed by atoms with Crippen molar-refractivity contribution < 1.29 is 4.79 Å². The quantitative estimate of drug-likeness (QED) is 0.801. The lowest BCUT2D eigenvalue weighted by molar-refractivity contribution is 0.102. The Morgan fingerprint density at radius 2 is 2.08 bits per heavy atom. The minimum absolute atomic E-state index is 0.0372. The van der Waals surface area contributed by atoms with Crippen LogP contribution in [0, 0.1) is 0 Å². The van der Waals surface area contributed by atoms with Crippen LogP contribution < -0.4 is 10.6 Å². The lowest BCUT2D eigenvalue weighted by atomic mass is 9.98. The van der Waals surface area contributed by atoms with Crippen LogP contribution in [0.2, 0.25) is 0 Å². The van der Waals surface area contributed by atoms with Crippen molar-refractivity contribution >= 4 is 23.6 Å². The van der Waals surface area contributed by atoms with E-state index in [1.54, 1.807) is 35.8 Å². The summed E-state index contributed by atoms with van der Waals surface area (Å²) in [4.78, 5) is 21.5. The fourth-order valence-corrected chi connectivity index (χ4v) is 3.79. The lowest BCUT2D eigenvalue weighted by Gasteiger charge is -2.19. The van der Waals surface area contributed by atoms with Crippen LogP contribution in [0.3, 0.4) is 0 Å². The fourth-order valence-electron chi connectivity index (χ4n) is 2.86. The van der Waals surface area contributed by atoms with Crippen LogP contribution in [-0.4, -0.2) is 43.5 Å². The van der Waals surface area contributed by atoms with Crippen LogP contribution >= 0.6 is 11.8 Å². The molecule has 2 aromatic rings. The van der Waals surface area contributed by atoms with Crippen LogP contribution in [0.1, 0.15) is 55.7 Å². The average Bonchev–Trinajstić information content (AvgIpc) is 2.95. The number of carbonyl (C=O) groups excluding carboxylic acids is 1. The number of carbonyl (C=O) groups is 1. The molecule has 1 aliphatic rings. The van der Waals surface area contributed by atoms with Crippen molar-refractivity contribution in [3.05, 3.63) is 29.7 Å². The molecule has 0 aliphatic carbocycles. The van der Waals surface area contributed by atoms with Gasteiger partial charge in [-0.1, -0.05) is 20.8 Å². The number of aromatic nitrogens is 4. The Morgan fingerprint density at radius 3 is 2.77 bits per heavy atom. The molecule has 140 valence electrons. The number of pyridine rings is 1. The Labute approximate surface area is 158 Å². The number of nitrogens with one attached hydrogen (secondary N) is 2. The van der Waals surface area contributed by atoms with Gasteiger partial charge in [0.25, 0.3) is 5.91 Å². The van der Waals surface area contributed by atoms with E-state index in [0.717, 1.165) is 36.8 Å². The average molecular weight is 375 g/mol. The first kappa shape index (κ1) is 18.8. The van der Waals surface area contributed by atoms with Gasteiger partial charge in [0, 0.05) is 29.5 Å². The van der Waals surface area contributed by atoms with Crippen LogP contribution in [-0.2, 0) is 7.05 Å². The number of hydrogen-bond acceptors (Lipinski definition) is 6. The highest BCUT2D eigenvalue weighted by Gasteiger charge is 2.22. The van der Waals surface area contributed by atoms with Gasteiger partial charge in [-0.15, -0.1) is 11.8 Å². The summed E-state index contributed by atoms with van der Waals surface area (Å²) in [5.41, 5.74) is 0.568. The van der Waals surface area contributed by atoms with Gasteiger partial charge in [0.15, 0.2) is 5.82 Å². The van der Waals surface area contributed by atoms with E-state index in [1.807, 2.05) is 6.07 Å². The highest BCUT2D eigenvalue weighted by atomic mass is 32.2. The Bertz CT molecular complexity index is 776. The van der Waals surface area contributed by atoms with Crippen molar-refractivity contribution in [1.82, 2.24) is 25.1 Å². The summed E-state index contributed by atoms with van der Waals surface area (Å²) in [6.07, 6.45) is 3.71. The second-order valence-corrected chi connectivity index (χ2v) is 9.34. The third-order valence-corrected chi connectivity index (χ3v) is 5.16. The van der Waals surface area contributed by atoms with Crippen LogP contribution in [0.25, 0.3) is 0 Å². The SMILES string of the molecule is Cn1nc(C2CCNCC2)nc1NC(=O)c1ccnc(SC(C)(C)C)c1. The molecule has 0 atom stereocenters. The first-order valence-corrected chi connectivity index (χ1v) is 9.71. The molecule has 8 heteroatoms. The van der Waals surface area contributed by atoms with E-state index in [9.17, 15) is 4.79 Å². The predicted molar refractivity (Wildman–Crippen MR) is 104 cm³/mol. The number of aryl methyl sites for hydroxylation is 1. The van der Waals surface area contributed by atoms with Crippen LogP contribution in [0.4, 0.5) is 5.95 Å². The highest BCUT2D eigenvalue weighted by molar-refractivity contribution is 8.00. The summed E-state index contributed by atoms with van der Waals surface area (Å²) < 4.78 is 1.68. The summed E-state index contributed by atoms with van der Waals surface area (Å²) in [5, 5.41) is 11.5. The molecule has 1 fully saturated rings. The van der Waals surface area contributed by atoms with E-state index in [4.69, 9.17) is 0 Å². The monoisotopic (exact) mass is 374 g/mol. The van der Waals surface area contributed by atoms with Gasteiger partial charge in [-0.25, -0.2) is 9.67 Å². The largest absolute Gasteiger partial charge is 0.317 e. The predicted octanol–water partition coefficient (Wildman–Crippen LogP) is 2.82. The number of rotatable bonds is 4. The molecular weight excluding hydrogens is 348 g/mol. The summed E-state index contributed by atoms with van der Waals surface area (Å²) in [6, 6.07) is 3.53. The molecule has 7 nitrogen and oxygen atoms in total.